The Morgan fingerprint density at radius 2 is 2.24 bits per heavy atom. The smallest absolute Gasteiger partial charge is 0.125 e. The lowest BCUT2D eigenvalue weighted by molar-refractivity contribution is 0.0532. The van der Waals surface area contributed by atoms with E-state index in [2.05, 4.69) is 22.2 Å². The summed E-state index contributed by atoms with van der Waals surface area (Å²) in [5.74, 6) is 1.47. The van der Waals surface area contributed by atoms with Crippen LogP contribution in [-0.2, 0) is 4.74 Å². The van der Waals surface area contributed by atoms with Gasteiger partial charge in [-0.25, -0.2) is 9.97 Å². The fourth-order valence-electron chi connectivity index (χ4n) is 2.43. The quantitative estimate of drug-likeness (QED) is 0.865. The zero-order valence-electron chi connectivity index (χ0n) is 10.6. The largest absolute Gasteiger partial charge is 0.381 e. The lowest BCUT2D eigenvalue weighted by atomic mass is 9.89. The lowest BCUT2D eigenvalue weighted by Crippen LogP contribution is -2.32. The van der Waals surface area contributed by atoms with Gasteiger partial charge in [-0.15, -0.1) is 0 Å². The molecule has 4 heteroatoms. The first-order valence-electron chi connectivity index (χ1n) is 6.42. The van der Waals surface area contributed by atoms with E-state index in [1.54, 1.807) is 0 Å². The number of aryl methyl sites for hydroxylation is 1. The van der Waals surface area contributed by atoms with E-state index < -0.39 is 0 Å². The number of rotatable bonds is 4. The highest BCUT2D eigenvalue weighted by molar-refractivity contribution is 5.09. The van der Waals surface area contributed by atoms with Gasteiger partial charge in [-0.3, -0.25) is 0 Å². The standard InChI is InChI=1S/C13H21N3O/c1-3-14-13(11-5-8-17-9-6-11)12-4-7-15-10(2)16-12/h4,7,11,13-14H,3,5-6,8-9H2,1-2H3. The third kappa shape index (κ3) is 3.23. The number of nitrogens with zero attached hydrogens (tertiary/aromatic N) is 2. The van der Waals surface area contributed by atoms with E-state index in [4.69, 9.17) is 4.74 Å². The Morgan fingerprint density at radius 3 is 2.88 bits per heavy atom. The first-order valence-corrected chi connectivity index (χ1v) is 6.42. The topological polar surface area (TPSA) is 47.0 Å². The highest BCUT2D eigenvalue weighted by Crippen LogP contribution is 2.28. The van der Waals surface area contributed by atoms with E-state index in [0.717, 1.165) is 44.1 Å². The van der Waals surface area contributed by atoms with Crippen molar-refractivity contribution in [2.45, 2.75) is 32.7 Å². The monoisotopic (exact) mass is 235 g/mol. The molecule has 1 fully saturated rings. The van der Waals surface area contributed by atoms with Crippen LogP contribution in [-0.4, -0.2) is 29.7 Å². The number of aromatic nitrogens is 2. The Morgan fingerprint density at radius 1 is 1.47 bits per heavy atom. The maximum Gasteiger partial charge on any atom is 0.125 e. The molecular formula is C13H21N3O. The zero-order valence-corrected chi connectivity index (χ0v) is 10.6. The van der Waals surface area contributed by atoms with Crippen molar-refractivity contribution in [2.24, 2.45) is 5.92 Å². The molecule has 1 N–H and O–H groups in total. The molecule has 4 nitrogen and oxygen atoms in total. The summed E-state index contributed by atoms with van der Waals surface area (Å²) in [6.45, 7) is 6.79. The summed E-state index contributed by atoms with van der Waals surface area (Å²) in [5.41, 5.74) is 1.12. The molecule has 0 aliphatic carbocycles. The van der Waals surface area contributed by atoms with Crippen LogP contribution in [0.5, 0.6) is 0 Å². The van der Waals surface area contributed by atoms with Crippen LogP contribution >= 0.6 is 0 Å². The molecule has 1 atom stereocenters. The van der Waals surface area contributed by atoms with Gasteiger partial charge in [-0.05, 0) is 38.3 Å². The molecule has 0 amide bonds. The maximum absolute atomic E-state index is 5.43. The van der Waals surface area contributed by atoms with Gasteiger partial charge in [0.25, 0.3) is 0 Å². The molecule has 0 spiro atoms. The molecule has 1 aromatic rings. The summed E-state index contributed by atoms with van der Waals surface area (Å²) in [6.07, 6.45) is 4.07. The Bertz CT molecular complexity index is 350. The van der Waals surface area contributed by atoms with Gasteiger partial charge in [0.2, 0.25) is 0 Å². The fourth-order valence-corrected chi connectivity index (χ4v) is 2.43. The molecule has 0 bridgehead atoms. The summed E-state index contributed by atoms with van der Waals surface area (Å²) in [7, 11) is 0. The zero-order chi connectivity index (χ0) is 12.1. The average molecular weight is 235 g/mol. The number of hydrogen-bond acceptors (Lipinski definition) is 4. The highest BCUT2D eigenvalue weighted by atomic mass is 16.5. The summed E-state index contributed by atoms with van der Waals surface area (Å²) in [4.78, 5) is 8.72. The molecule has 17 heavy (non-hydrogen) atoms. The van der Waals surface area contributed by atoms with Crippen LogP contribution in [0.3, 0.4) is 0 Å². The fraction of sp³-hybridized carbons (Fsp3) is 0.692. The van der Waals surface area contributed by atoms with Gasteiger partial charge < -0.3 is 10.1 Å². The van der Waals surface area contributed by atoms with Crippen LogP contribution in [0.15, 0.2) is 12.3 Å². The van der Waals surface area contributed by atoms with Crippen molar-refractivity contribution in [1.29, 1.82) is 0 Å². The van der Waals surface area contributed by atoms with Gasteiger partial charge >= 0.3 is 0 Å². The molecule has 0 aromatic carbocycles. The Hall–Kier alpha value is -1.00. The van der Waals surface area contributed by atoms with Crippen molar-refractivity contribution < 1.29 is 4.74 Å². The van der Waals surface area contributed by atoms with Crippen LogP contribution in [0.1, 0.15) is 37.3 Å². The molecular weight excluding hydrogens is 214 g/mol. The minimum atomic E-state index is 0.339. The normalized spacial score (nSPS) is 19.2. The van der Waals surface area contributed by atoms with Gasteiger partial charge in [0.1, 0.15) is 5.82 Å². The molecule has 1 aromatic heterocycles. The van der Waals surface area contributed by atoms with Crippen molar-refractivity contribution in [3.63, 3.8) is 0 Å². The Balaban J connectivity index is 2.15. The van der Waals surface area contributed by atoms with Gasteiger partial charge in [0.15, 0.2) is 0 Å². The van der Waals surface area contributed by atoms with Crippen LogP contribution in [0.2, 0.25) is 0 Å². The van der Waals surface area contributed by atoms with E-state index in [9.17, 15) is 0 Å². The predicted molar refractivity (Wildman–Crippen MR) is 66.7 cm³/mol. The summed E-state index contributed by atoms with van der Waals surface area (Å²) >= 11 is 0. The van der Waals surface area contributed by atoms with E-state index in [-0.39, 0.29) is 0 Å². The van der Waals surface area contributed by atoms with Crippen molar-refractivity contribution in [3.8, 4) is 0 Å². The van der Waals surface area contributed by atoms with Gasteiger partial charge in [0, 0.05) is 19.4 Å². The van der Waals surface area contributed by atoms with Gasteiger partial charge in [0.05, 0.1) is 11.7 Å². The van der Waals surface area contributed by atoms with Crippen molar-refractivity contribution >= 4 is 0 Å². The van der Waals surface area contributed by atoms with Crippen molar-refractivity contribution in [1.82, 2.24) is 15.3 Å². The molecule has 0 saturated carbocycles. The molecule has 0 radical (unpaired) electrons. The molecule has 1 aliphatic heterocycles. The van der Waals surface area contributed by atoms with Gasteiger partial charge in [-0.1, -0.05) is 6.92 Å². The van der Waals surface area contributed by atoms with E-state index >= 15 is 0 Å². The third-order valence-corrected chi connectivity index (χ3v) is 3.28. The van der Waals surface area contributed by atoms with Crippen LogP contribution in [0.25, 0.3) is 0 Å². The summed E-state index contributed by atoms with van der Waals surface area (Å²) in [6, 6.07) is 2.36. The average Bonchev–Trinajstić information content (AvgIpc) is 2.37. The maximum atomic E-state index is 5.43. The van der Waals surface area contributed by atoms with E-state index in [0.29, 0.717) is 12.0 Å². The number of hydrogen-bond donors (Lipinski definition) is 1. The SMILES string of the molecule is CCNC(c1ccnc(C)n1)C1CCOCC1. The van der Waals surface area contributed by atoms with Gasteiger partial charge in [-0.2, -0.15) is 0 Å². The molecule has 2 rings (SSSR count). The molecule has 1 saturated heterocycles. The summed E-state index contributed by atoms with van der Waals surface area (Å²) < 4.78 is 5.43. The molecule has 94 valence electrons. The van der Waals surface area contributed by atoms with Crippen LogP contribution in [0, 0.1) is 12.8 Å². The molecule has 1 unspecified atom stereocenters. The minimum Gasteiger partial charge on any atom is -0.381 e. The van der Waals surface area contributed by atoms with E-state index in [1.165, 1.54) is 0 Å². The molecule has 1 aliphatic rings. The Labute approximate surface area is 103 Å². The molecule has 2 heterocycles. The second kappa shape index (κ2) is 6.07. The Kier molecular flexibility index (Phi) is 4.45. The van der Waals surface area contributed by atoms with Crippen LogP contribution < -0.4 is 5.32 Å². The summed E-state index contributed by atoms with van der Waals surface area (Å²) in [5, 5.41) is 3.55. The third-order valence-electron chi connectivity index (χ3n) is 3.28. The first-order chi connectivity index (χ1) is 8.31. The van der Waals surface area contributed by atoms with E-state index in [1.807, 2.05) is 19.2 Å². The predicted octanol–water partition coefficient (Wildman–Crippen LogP) is 1.86. The second-order valence-corrected chi connectivity index (χ2v) is 4.51. The number of nitrogens with one attached hydrogen (secondary N) is 1. The second-order valence-electron chi connectivity index (χ2n) is 4.51. The van der Waals surface area contributed by atoms with Crippen LogP contribution in [0.4, 0.5) is 0 Å². The van der Waals surface area contributed by atoms with Crippen molar-refractivity contribution in [2.75, 3.05) is 19.8 Å². The number of ether oxygens (including phenoxy) is 1. The first kappa shape index (κ1) is 12.5. The minimum absolute atomic E-state index is 0.339. The highest BCUT2D eigenvalue weighted by Gasteiger charge is 2.25. The van der Waals surface area contributed by atoms with Crippen molar-refractivity contribution in [3.05, 3.63) is 23.8 Å². The lowest BCUT2D eigenvalue weighted by Gasteiger charge is -2.30.